The van der Waals surface area contributed by atoms with Gasteiger partial charge >= 0.3 is 0 Å². The third kappa shape index (κ3) is 18.4. The minimum Gasteiger partial charge on any atom is -0.501 e. The minimum absolute atomic E-state index is 0. The van der Waals surface area contributed by atoms with Crippen LogP contribution in [0, 0.1) is 70.3 Å². The zero-order valence-electron chi connectivity index (χ0n) is 12.0. The van der Waals surface area contributed by atoms with Gasteiger partial charge in [-0.1, -0.05) is 6.92 Å². The molecule has 0 aromatic heterocycles. The molecule has 2 aliphatic rings. The first-order valence-corrected chi connectivity index (χ1v) is 6.18. The van der Waals surface area contributed by atoms with E-state index in [1.807, 2.05) is 78.1 Å². The molecule has 10 radical (unpaired) electrons. The Morgan fingerprint density at radius 1 is 0.895 bits per heavy atom. The summed E-state index contributed by atoms with van der Waals surface area (Å²) in [6.07, 6.45) is 23.5. The summed E-state index contributed by atoms with van der Waals surface area (Å²) >= 11 is 0. The molecule has 1 atom stereocenters. The van der Waals surface area contributed by atoms with Crippen LogP contribution in [0.4, 0.5) is 0 Å². The number of hydrogen-bond acceptors (Lipinski definition) is 1. The Balaban J connectivity index is 0. The van der Waals surface area contributed by atoms with Crippen molar-refractivity contribution in [1.29, 1.82) is 0 Å². The molecule has 2 fully saturated rings. The van der Waals surface area contributed by atoms with E-state index in [0.717, 1.165) is 12.0 Å². The Bertz CT molecular complexity index is 166. The van der Waals surface area contributed by atoms with Crippen molar-refractivity contribution in [2.45, 2.75) is 33.3 Å². The van der Waals surface area contributed by atoms with Crippen LogP contribution in [0.3, 0.4) is 0 Å². The minimum atomic E-state index is -0.220. The van der Waals surface area contributed by atoms with E-state index in [-0.39, 0.29) is 27.8 Å². The van der Waals surface area contributed by atoms with Crippen molar-refractivity contribution in [3.8, 4) is 0 Å². The molecule has 102 valence electrons. The fourth-order valence-corrected chi connectivity index (χ4v) is 1.19. The van der Waals surface area contributed by atoms with Gasteiger partial charge in [-0.2, -0.15) is 6.92 Å². The van der Waals surface area contributed by atoms with E-state index in [0.29, 0.717) is 0 Å². The summed E-state index contributed by atoms with van der Waals surface area (Å²) in [5, 5.41) is 8.79. The molecule has 0 heterocycles. The second-order valence-electron chi connectivity index (χ2n) is 4.01. The molecular formula is C17H23OTi-. The maximum atomic E-state index is 8.79. The topological polar surface area (TPSA) is 20.2 Å². The van der Waals surface area contributed by atoms with Crippen LogP contribution in [0.2, 0.25) is 0 Å². The van der Waals surface area contributed by atoms with Gasteiger partial charge < -0.3 is 11.2 Å². The van der Waals surface area contributed by atoms with Gasteiger partial charge in [0.25, 0.3) is 0 Å². The molecule has 0 amide bonds. The van der Waals surface area contributed by atoms with Crippen LogP contribution in [0.25, 0.3) is 0 Å². The molecule has 2 rings (SSSR count). The van der Waals surface area contributed by atoms with Gasteiger partial charge in [0, 0.05) is 21.7 Å². The fourth-order valence-electron chi connectivity index (χ4n) is 1.19. The monoisotopic (exact) mass is 291 g/mol. The molecule has 19 heavy (non-hydrogen) atoms. The predicted octanol–water partition coefficient (Wildman–Crippen LogP) is 3.57. The van der Waals surface area contributed by atoms with E-state index in [9.17, 15) is 0 Å². The quantitative estimate of drug-likeness (QED) is 0.609. The first kappa shape index (κ1) is 21.7. The molecule has 1 N–H and O–H groups in total. The van der Waals surface area contributed by atoms with Crippen LogP contribution in [0.5, 0.6) is 0 Å². The van der Waals surface area contributed by atoms with Crippen molar-refractivity contribution in [1.82, 2.24) is 0 Å². The maximum absolute atomic E-state index is 8.79. The van der Waals surface area contributed by atoms with Gasteiger partial charge in [-0.25, -0.2) is 0 Å². The molecule has 0 spiro atoms. The van der Waals surface area contributed by atoms with Crippen LogP contribution in [-0.2, 0) is 21.7 Å². The fraction of sp³-hybridized carbons (Fsp3) is 0.294. The van der Waals surface area contributed by atoms with Crippen molar-refractivity contribution in [2.24, 2.45) is 0 Å². The molecule has 1 nitrogen and oxygen atoms in total. The van der Waals surface area contributed by atoms with E-state index in [1.54, 1.807) is 6.92 Å². The summed E-state index contributed by atoms with van der Waals surface area (Å²) in [6.45, 7) is 5.60. The molecular weight excluding hydrogens is 268 g/mol. The molecule has 0 bridgehead atoms. The van der Waals surface area contributed by atoms with Crippen molar-refractivity contribution in [2.75, 3.05) is 0 Å². The average Bonchev–Trinajstić information content (AvgIpc) is 3.06. The van der Waals surface area contributed by atoms with Crippen LogP contribution >= 0.6 is 0 Å². The molecule has 2 saturated carbocycles. The molecule has 2 heteroatoms. The first-order chi connectivity index (χ1) is 8.66. The summed E-state index contributed by atoms with van der Waals surface area (Å²) in [4.78, 5) is 0. The number of hydrogen-bond donors (Lipinski definition) is 1. The molecule has 0 aromatic carbocycles. The Kier molecular flexibility index (Phi) is 18.8. The SMILES string of the molecule is C[C-]=C(C)CC(C)O.[CH]1[CH][CH][CH][CH]1.[CH]1[CH][CH][CH][CH]1.[Ti]. The van der Waals surface area contributed by atoms with Gasteiger partial charge in [0.15, 0.2) is 0 Å². The standard InChI is InChI=1S/C7H13O.2C5H5.Ti/c1-4-6(2)5-7(3)8;2*1-2-4-5-3-1;/h7-8H,5H2,1-3H3;2*1-5H;/q-1;;;. The number of allylic oxidation sites excluding steroid dienone is 1. The average molecular weight is 291 g/mol. The zero-order chi connectivity index (χ0) is 13.6. The first-order valence-electron chi connectivity index (χ1n) is 6.18. The van der Waals surface area contributed by atoms with E-state index in [1.165, 1.54) is 0 Å². The Morgan fingerprint density at radius 2 is 1.16 bits per heavy atom. The van der Waals surface area contributed by atoms with Crippen LogP contribution in [0.1, 0.15) is 27.2 Å². The second-order valence-corrected chi connectivity index (χ2v) is 4.01. The third-order valence-corrected chi connectivity index (χ3v) is 2.14. The van der Waals surface area contributed by atoms with Gasteiger partial charge in [0.1, 0.15) is 0 Å². The van der Waals surface area contributed by atoms with Gasteiger partial charge in [0.2, 0.25) is 0 Å². The number of aliphatic hydroxyl groups excluding tert-OH is 1. The van der Waals surface area contributed by atoms with Gasteiger partial charge in [-0.05, 0) is 77.6 Å². The van der Waals surface area contributed by atoms with Crippen LogP contribution < -0.4 is 0 Å². The largest absolute Gasteiger partial charge is 0.501 e. The molecule has 0 aliphatic heterocycles. The zero-order valence-corrected chi connectivity index (χ0v) is 13.6. The third-order valence-electron chi connectivity index (χ3n) is 2.14. The molecule has 2 aliphatic carbocycles. The van der Waals surface area contributed by atoms with Gasteiger partial charge in [-0.3, -0.25) is 5.57 Å². The predicted molar refractivity (Wildman–Crippen MR) is 77.4 cm³/mol. The normalized spacial score (nSPS) is 19.5. The summed E-state index contributed by atoms with van der Waals surface area (Å²) in [7, 11) is 0. The van der Waals surface area contributed by atoms with E-state index >= 15 is 0 Å². The summed E-state index contributed by atoms with van der Waals surface area (Å²) in [5.74, 6) is 0. The Hall–Kier alpha value is 0.414. The maximum Gasteiger partial charge on any atom is 0.0522 e. The van der Waals surface area contributed by atoms with E-state index in [4.69, 9.17) is 5.11 Å². The number of aliphatic hydroxyl groups is 1. The van der Waals surface area contributed by atoms with Crippen LogP contribution in [-0.4, -0.2) is 11.2 Å². The van der Waals surface area contributed by atoms with Crippen LogP contribution in [0.15, 0.2) is 5.57 Å². The summed E-state index contributed by atoms with van der Waals surface area (Å²) in [5.41, 5.74) is 1.13. The number of rotatable bonds is 2. The molecule has 1 unspecified atom stereocenters. The van der Waals surface area contributed by atoms with Gasteiger partial charge in [-0.15, -0.1) is 0 Å². The Morgan fingerprint density at radius 3 is 1.26 bits per heavy atom. The van der Waals surface area contributed by atoms with Gasteiger partial charge in [0.05, 0.1) is 6.10 Å². The summed E-state index contributed by atoms with van der Waals surface area (Å²) < 4.78 is 0. The molecule has 0 aromatic rings. The second kappa shape index (κ2) is 16.5. The van der Waals surface area contributed by atoms with Crippen molar-refractivity contribution < 1.29 is 26.8 Å². The smallest absolute Gasteiger partial charge is 0.0522 e. The van der Waals surface area contributed by atoms with E-state index < -0.39 is 0 Å². The van der Waals surface area contributed by atoms with Crippen molar-refractivity contribution in [3.63, 3.8) is 0 Å². The molecule has 0 saturated heterocycles. The van der Waals surface area contributed by atoms with Crippen molar-refractivity contribution in [3.05, 3.63) is 75.9 Å². The Labute approximate surface area is 136 Å². The van der Waals surface area contributed by atoms with Crippen molar-refractivity contribution >= 4 is 0 Å². The summed E-state index contributed by atoms with van der Waals surface area (Å²) in [6, 6.07) is 0. The van der Waals surface area contributed by atoms with E-state index in [2.05, 4.69) is 6.08 Å².